The van der Waals surface area contributed by atoms with Gasteiger partial charge in [-0.3, -0.25) is 10.1 Å². The molecule has 0 bridgehead atoms. The number of amides is 1. The second kappa shape index (κ2) is 9.15. The SMILES string of the molecule is COCCOC(=N[C@@H](C)C(C)C)NC(=O)c1ccccc1F. The van der Waals surface area contributed by atoms with E-state index < -0.39 is 11.7 Å². The van der Waals surface area contributed by atoms with Crippen LogP contribution in [0.3, 0.4) is 0 Å². The summed E-state index contributed by atoms with van der Waals surface area (Å²) in [5.74, 6) is -0.898. The van der Waals surface area contributed by atoms with Gasteiger partial charge in [-0.1, -0.05) is 26.0 Å². The normalized spacial score (nSPS) is 13.1. The highest BCUT2D eigenvalue weighted by Gasteiger charge is 2.15. The van der Waals surface area contributed by atoms with Crippen LogP contribution in [0.25, 0.3) is 0 Å². The molecule has 0 saturated heterocycles. The minimum absolute atomic E-state index is 0.0431. The van der Waals surface area contributed by atoms with Gasteiger partial charge in [-0.15, -0.1) is 0 Å². The van der Waals surface area contributed by atoms with E-state index in [1.807, 2.05) is 20.8 Å². The molecule has 1 atom stereocenters. The molecule has 1 N–H and O–H groups in total. The zero-order valence-corrected chi connectivity index (χ0v) is 13.4. The third-order valence-electron chi connectivity index (χ3n) is 3.15. The van der Waals surface area contributed by atoms with Crippen molar-refractivity contribution in [3.8, 4) is 0 Å². The van der Waals surface area contributed by atoms with Crippen LogP contribution in [0.4, 0.5) is 4.39 Å². The molecule has 0 aliphatic heterocycles. The third kappa shape index (κ3) is 5.81. The molecule has 0 aromatic heterocycles. The van der Waals surface area contributed by atoms with Gasteiger partial charge in [0.05, 0.1) is 18.2 Å². The fourth-order valence-corrected chi connectivity index (χ4v) is 1.47. The van der Waals surface area contributed by atoms with E-state index in [2.05, 4.69) is 10.3 Å². The Morgan fingerprint density at radius 3 is 2.55 bits per heavy atom. The van der Waals surface area contributed by atoms with Crippen LogP contribution in [0.1, 0.15) is 31.1 Å². The summed E-state index contributed by atoms with van der Waals surface area (Å²) < 4.78 is 23.9. The van der Waals surface area contributed by atoms with E-state index in [1.54, 1.807) is 13.2 Å². The number of nitrogens with one attached hydrogen (secondary N) is 1. The number of benzene rings is 1. The lowest BCUT2D eigenvalue weighted by atomic mass is 10.1. The van der Waals surface area contributed by atoms with Crippen LogP contribution in [-0.4, -0.2) is 38.3 Å². The summed E-state index contributed by atoms with van der Waals surface area (Å²) in [6.07, 6.45) is 0. The number of methoxy groups -OCH3 is 1. The summed E-state index contributed by atoms with van der Waals surface area (Å²) in [7, 11) is 1.55. The number of carbonyl (C=O) groups excluding carboxylic acids is 1. The van der Waals surface area contributed by atoms with Gasteiger partial charge >= 0.3 is 0 Å². The summed E-state index contributed by atoms with van der Waals surface area (Å²) >= 11 is 0. The maximum Gasteiger partial charge on any atom is 0.292 e. The van der Waals surface area contributed by atoms with Crippen molar-refractivity contribution in [1.29, 1.82) is 0 Å². The lowest BCUT2D eigenvalue weighted by Gasteiger charge is -2.15. The summed E-state index contributed by atoms with van der Waals surface area (Å²) in [5, 5.41) is 2.51. The number of nitrogens with zero attached hydrogens (tertiary/aromatic N) is 1. The largest absolute Gasteiger partial charge is 0.463 e. The molecule has 1 amide bonds. The summed E-state index contributed by atoms with van der Waals surface area (Å²) in [5.41, 5.74) is -0.0530. The maximum absolute atomic E-state index is 13.6. The van der Waals surface area contributed by atoms with Crippen molar-refractivity contribution < 1.29 is 18.7 Å². The quantitative estimate of drug-likeness (QED) is 0.499. The van der Waals surface area contributed by atoms with E-state index >= 15 is 0 Å². The number of hydrogen-bond acceptors (Lipinski definition) is 4. The monoisotopic (exact) mass is 310 g/mol. The Morgan fingerprint density at radius 2 is 1.95 bits per heavy atom. The van der Waals surface area contributed by atoms with Crippen LogP contribution in [0.2, 0.25) is 0 Å². The zero-order valence-electron chi connectivity index (χ0n) is 13.4. The molecular formula is C16H23FN2O3. The van der Waals surface area contributed by atoms with Gasteiger partial charge in [-0.25, -0.2) is 9.38 Å². The first-order chi connectivity index (χ1) is 10.5. The Kier molecular flexibility index (Phi) is 7.52. The lowest BCUT2D eigenvalue weighted by molar-refractivity contribution is 0.0949. The van der Waals surface area contributed by atoms with Gasteiger partial charge in [0.2, 0.25) is 0 Å². The molecular weight excluding hydrogens is 287 g/mol. The smallest absolute Gasteiger partial charge is 0.292 e. The van der Waals surface area contributed by atoms with Crippen molar-refractivity contribution >= 4 is 11.9 Å². The van der Waals surface area contributed by atoms with E-state index in [1.165, 1.54) is 18.2 Å². The van der Waals surface area contributed by atoms with Crippen LogP contribution < -0.4 is 5.32 Å². The zero-order chi connectivity index (χ0) is 16.5. The number of hydrogen-bond donors (Lipinski definition) is 1. The molecule has 0 fully saturated rings. The van der Waals surface area contributed by atoms with Gasteiger partial charge in [-0.2, -0.15) is 0 Å². The van der Waals surface area contributed by atoms with Crippen molar-refractivity contribution in [2.24, 2.45) is 10.9 Å². The second-order valence-electron chi connectivity index (χ2n) is 5.19. The number of carbonyl (C=O) groups is 1. The number of ether oxygens (including phenoxy) is 2. The molecule has 1 rings (SSSR count). The molecule has 0 unspecified atom stereocenters. The Bertz CT molecular complexity index is 518. The van der Waals surface area contributed by atoms with Crippen molar-refractivity contribution in [3.05, 3.63) is 35.6 Å². The van der Waals surface area contributed by atoms with Crippen LogP contribution in [0.5, 0.6) is 0 Å². The molecule has 0 saturated carbocycles. The minimum Gasteiger partial charge on any atom is -0.463 e. The molecule has 0 aliphatic carbocycles. The van der Waals surface area contributed by atoms with Crippen molar-refractivity contribution in [2.45, 2.75) is 26.8 Å². The maximum atomic E-state index is 13.6. The third-order valence-corrected chi connectivity index (χ3v) is 3.15. The Balaban J connectivity index is 2.83. The van der Waals surface area contributed by atoms with E-state index in [9.17, 15) is 9.18 Å². The van der Waals surface area contributed by atoms with Gasteiger partial charge < -0.3 is 9.47 Å². The van der Waals surface area contributed by atoms with Gasteiger partial charge in [0.1, 0.15) is 12.4 Å². The standard InChI is InChI=1S/C16H23FN2O3/c1-11(2)12(3)18-16(22-10-9-21-4)19-15(20)13-7-5-6-8-14(13)17/h5-8,11-12H,9-10H2,1-4H3,(H,18,19,20)/t12-/m0/s1. The van der Waals surface area contributed by atoms with Crippen LogP contribution in [-0.2, 0) is 9.47 Å². The van der Waals surface area contributed by atoms with Crippen LogP contribution in [0, 0.1) is 11.7 Å². The molecule has 122 valence electrons. The lowest BCUT2D eigenvalue weighted by Crippen LogP contribution is -2.35. The highest BCUT2D eigenvalue weighted by atomic mass is 19.1. The first-order valence-electron chi connectivity index (χ1n) is 7.21. The number of halogens is 1. The first kappa shape index (κ1) is 18.1. The Morgan fingerprint density at radius 1 is 1.27 bits per heavy atom. The minimum atomic E-state index is -0.592. The number of rotatable bonds is 6. The summed E-state index contributed by atoms with van der Waals surface area (Å²) in [6.45, 7) is 6.56. The molecule has 0 aliphatic rings. The average molecular weight is 310 g/mol. The fraction of sp³-hybridized carbons (Fsp3) is 0.500. The molecule has 6 heteroatoms. The highest BCUT2D eigenvalue weighted by Crippen LogP contribution is 2.08. The van der Waals surface area contributed by atoms with Crippen molar-refractivity contribution in [2.75, 3.05) is 20.3 Å². The van der Waals surface area contributed by atoms with E-state index in [4.69, 9.17) is 9.47 Å². The first-order valence-corrected chi connectivity index (χ1v) is 7.21. The Labute approximate surface area is 130 Å². The second-order valence-corrected chi connectivity index (χ2v) is 5.19. The summed E-state index contributed by atoms with van der Waals surface area (Å²) in [4.78, 5) is 16.4. The van der Waals surface area contributed by atoms with Gasteiger partial charge in [0.15, 0.2) is 0 Å². The molecule has 22 heavy (non-hydrogen) atoms. The molecule has 0 radical (unpaired) electrons. The predicted molar refractivity (Wildman–Crippen MR) is 83.4 cm³/mol. The van der Waals surface area contributed by atoms with Gasteiger partial charge in [0, 0.05) is 7.11 Å². The van der Waals surface area contributed by atoms with Gasteiger partial charge in [-0.05, 0) is 25.0 Å². The molecule has 0 spiro atoms. The van der Waals surface area contributed by atoms with Crippen LogP contribution in [0.15, 0.2) is 29.3 Å². The van der Waals surface area contributed by atoms with E-state index in [0.717, 1.165) is 0 Å². The van der Waals surface area contributed by atoms with E-state index in [0.29, 0.717) is 6.61 Å². The highest BCUT2D eigenvalue weighted by molar-refractivity contribution is 6.04. The topological polar surface area (TPSA) is 59.9 Å². The summed E-state index contributed by atoms with van der Waals surface area (Å²) in [6, 6.07) is 5.79. The number of aliphatic imine (C=N–C) groups is 1. The predicted octanol–water partition coefficient (Wildman–Crippen LogP) is 2.62. The van der Waals surface area contributed by atoms with Crippen molar-refractivity contribution in [1.82, 2.24) is 5.32 Å². The molecule has 1 aromatic rings. The average Bonchev–Trinajstić information content (AvgIpc) is 2.47. The van der Waals surface area contributed by atoms with Crippen LogP contribution >= 0.6 is 0 Å². The molecule has 1 aromatic carbocycles. The molecule has 0 heterocycles. The van der Waals surface area contributed by atoms with E-state index in [-0.39, 0.29) is 30.2 Å². The van der Waals surface area contributed by atoms with Crippen molar-refractivity contribution in [3.63, 3.8) is 0 Å². The molecule has 5 nitrogen and oxygen atoms in total. The Hall–Kier alpha value is -1.95. The number of amidine groups is 1. The van der Waals surface area contributed by atoms with Gasteiger partial charge in [0.25, 0.3) is 11.9 Å². The fourth-order valence-electron chi connectivity index (χ4n) is 1.47.